The Morgan fingerprint density at radius 2 is 1.94 bits per heavy atom. The molecule has 31 heavy (non-hydrogen) atoms. The lowest BCUT2D eigenvalue weighted by molar-refractivity contribution is 0.0691. The molecule has 0 bridgehead atoms. The van der Waals surface area contributed by atoms with Crippen LogP contribution in [0.4, 0.5) is 5.69 Å². The predicted molar refractivity (Wildman–Crippen MR) is 118 cm³/mol. The Balaban J connectivity index is 1.89. The normalized spacial score (nSPS) is 12.0. The number of aryl methyl sites for hydroxylation is 1. The molecule has 0 spiro atoms. The molecule has 3 aromatic heterocycles. The molecule has 1 aromatic carbocycles. The second-order valence-corrected chi connectivity index (χ2v) is 7.43. The molecule has 156 valence electrons. The highest BCUT2D eigenvalue weighted by Gasteiger charge is 2.20. The second-order valence-electron chi connectivity index (χ2n) is 7.43. The molecule has 7 nitrogen and oxygen atoms in total. The summed E-state index contributed by atoms with van der Waals surface area (Å²) in [7, 11) is 0. The molecular weight excluding hydrogens is 394 g/mol. The van der Waals surface area contributed by atoms with Crippen LogP contribution in [0.2, 0.25) is 0 Å². The van der Waals surface area contributed by atoms with Gasteiger partial charge in [0.15, 0.2) is 11.1 Å². The van der Waals surface area contributed by atoms with E-state index < -0.39 is 5.97 Å². The zero-order valence-electron chi connectivity index (χ0n) is 17.3. The third-order valence-electron chi connectivity index (χ3n) is 5.16. The lowest BCUT2D eigenvalue weighted by Gasteiger charge is -2.19. The van der Waals surface area contributed by atoms with Gasteiger partial charge in [0.05, 0.1) is 17.1 Å². The van der Waals surface area contributed by atoms with Crippen molar-refractivity contribution in [3.8, 4) is 11.3 Å². The van der Waals surface area contributed by atoms with Gasteiger partial charge >= 0.3 is 5.97 Å². The van der Waals surface area contributed by atoms with E-state index in [2.05, 4.69) is 15.3 Å². The Labute approximate surface area is 178 Å². The molecule has 1 unspecified atom stereocenters. The van der Waals surface area contributed by atoms with Crippen LogP contribution < -0.4 is 10.7 Å². The monoisotopic (exact) mass is 415 g/mol. The SMILES string of the molecule is Cc1cc(C(C)Nc2cccnc2C(=O)O)c2oc(-c3cccnc3)c(C)c(=O)c2c1. The number of pyridine rings is 2. The van der Waals surface area contributed by atoms with E-state index in [9.17, 15) is 14.7 Å². The van der Waals surface area contributed by atoms with Gasteiger partial charge in [0, 0.05) is 35.3 Å². The van der Waals surface area contributed by atoms with E-state index >= 15 is 0 Å². The second kappa shape index (κ2) is 8.02. The van der Waals surface area contributed by atoms with Gasteiger partial charge in [0.1, 0.15) is 11.3 Å². The average Bonchev–Trinajstić information content (AvgIpc) is 2.77. The van der Waals surface area contributed by atoms with Crippen molar-refractivity contribution in [1.29, 1.82) is 0 Å². The summed E-state index contributed by atoms with van der Waals surface area (Å²) in [6.45, 7) is 5.54. The van der Waals surface area contributed by atoms with E-state index in [1.807, 2.05) is 32.0 Å². The van der Waals surface area contributed by atoms with Crippen molar-refractivity contribution in [3.05, 3.63) is 87.6 Å². The van der Waals surface area contributed by atoms with E-state index in [1.54, 1.807) is 37.5 Å². The zero-order chi connectivity index (χ0) is 22.1. The van der Waals surface area contributed by atoms with Crippen molar-refractivity contribution < 1.29 is 14.3 Å². The Kier molecular flexibility index (Phi) is 5.25. The highest BCUT2D eigenvalue weighted by Crippen LogP contribution is 2.32. The Morgan fingerprint density at radius 1 is 1.16 bits per heavy atom. The summed E-state index contributed by atoms with van der Waals surface area (Å²) >= 11 is 0. The number of hydrogen-bond donors (Lipinski definition) is 2. The van der Waals surface area contributed by atoms with Crippen molar-refractivity contribution in [3.63, 3.8) is 0 Å². The first-order valence-electron chi connectivity index (χ1n) is 9.80. The predicted octanol–water partition coefficient (Wildman–Crippen LogP) is 4.74. The van der Waals surface area contributed by atoms with Gasteiger partial charge in [-0.15, -0.1) is 0 Å². The Bertz CT molecular complexity index is 1350. The molecule has 0 aliphatic rings. The molecule has 1 atom stereocenters. The van der Waals surface area contributed by atoms with Crippen LogP contribution in [-0.4, -0.2) is 21.0 Å². The van der Waals surface area contributed by atoms with Gasteiger partial charge in [0.25, 0.3) is 0 Å². The van der Waals surface area contributed by atoms with Gasteiger partial charge in [-0.05, 0) is 56.7 Å². The first kappa shape index (κ1) is 20.3. The molecule has 0 saturated heterocycles. The maximum atomic E-state index is 13.2. The van der Waals surface area contributed by atoms with Crippen molar-refractivity contribution in [2.45, 2.75) is 26.8 Å². The molecule has 4 aromatic rings. The highest BCUT2D eigenvalue weighted by atomic mass is 16.4. The van der Waals surface area contributed by atoms with Gasteiger partial charge in [-0.25, -0.2) is 9.78 Å². The number of carboxylic acid groups (broad SMARTS) is 1. The van der Waals surface area contributed by atoms with Gasteiger partial charge in [0.2, 0.25) is 0 Å². The molecule has 0 radical (unpaired) electrons. The highest BCUT2D eigenvalue weighted by molar-refractivity contribution is 5.92. The summed E-state index contributed by atoms with van der Waals surface area (Å²) < 4.78 is 6.27. The van der Waals surface area contributed by atoms with Crippen molar-refractivity contribution in [1.82, 2.24) is 9.97 Å². The van der Waals surface area contributed by atoms with Gasteiger partial charge < -0.3 is 14.8 Å². The van der Waals surface area contributed by atoms with Crippen LogP contribution in [0.5, 0.6) is 0 Å². The largest absolute Gasteiger partial charge is 0.476 e. The van der Waals surface area contributed by atoms with Crippen LogP contribution in [0.15, 0.2) is 64.2 Å². The van der Waals surface area contributed by atoms with Crippen LogP contribution in [0.25, 0.3) is 22.3 Å². The van der Waals surface area contributed by atoms with Crippen LogP contribution >= 0.6 is 0 Å². The quantitative estimate of drug-likeness (QED) is 0.485. The summed E-state index contributed by atoms with van der Waals surface area (Å²) in [4.78, 5) is 32.8. The van der Waals surface area contributed by atoms with Crippen LogP contribution in [0.3, 0.4) is 0 Å². The number of carbonyl (C=O) groups is 1. The summed E-state index contributed by atoms with van der Waals surface area (Å²) in [6, 6.07) is 10.3. The smallest absolute Gasteiger partial charge is 0.356 e. The lowest BCUT2D eigenvalue weighted by atomic mass is 9.99. The minimum absolute atomic E-state index is 0.0698. The van der Waals surface area contributed by atoms with Crippen molar-refractivity contribution >= 4 is 22.6 Å². The Morgan fingerprint density at radius 3 is 2.65 bits per heavy atom. The van der Waals surface area contributed by atoms with Crippen molar-refractivity contribution in [2.75, 3.05) is 5.32 Å². The summed E-state index contributed by atoms with van der Waals surface area (Å²) in [5, 5.41) is 13.1. The number of carboxylic acids is 1. The maximum absolute atomic E-state index is 13.2. The number of hydrogen-bond acceptors (Lipinski definition) is 6. The van der Waals surface area contributed by atoms with Crippen LogP contribution in [-0.2, 0) is 0 Å². The van der Waals surface area contributed by atoms with Crippen LogP contribution in [0.1, 0.15) is 40.1 Å². The van der Waals surface area contributed by atoms with Gasteiger partial charge in [-0.2, -0.15) is 0 Å². The standard InChI is InChI=1S/C24H21N3O4/c1-13-10-17(15(3)27-19-7-5-9-26-20(19)24(29)30)23-18(11-13)21(28)14(2)22(31-23)16-6-4-8-25-12-16/h4-12,15,27H,1-3H3,(H,29,30). The molecule has 4 rings (SSSR count). The van der Waals surface area contributed by atoms with E-state index in [1.165, 1.54) is 6.20 Å². The first-order valence-corrected chi connectivity index (χ1v) is 9.80. The van der Waals surface area contributed by atoms with Crippen molar-refractivity contribution in [2.24, 2.45) is 0 Å². The fraction of sp³-hybridized carbons (Fsp3) is 0.167. The molecular formula is C24H21N3O4. The first-order chi connectivity index (χ1) is 14.9. The number of nitrogens with one attached hydrogen (secondary N) is 1. The lowest BCUT2D eigenvalue weighted by Crippen LogP contribution is -2.14. The maximum Gasteiger partial charge on any atom is 0.356 e. The molecule has 0 aliphatic carbocycles. The third kappa shape index (κ3) is 3.77. The summed E-state index contributed by atoms with van der Waals surface area (Å²) in [5.41, 5.74) is 3.55. The molecule has 3 heterocycles. The van der Waals surface area contributed by atoms with Gasteiger partial charge in [-0.3, -0.25) is 9.78 Å². The molecule has 0 amide bonds. The summed E-state index contributed by atoms with van der Waals surface area (Å²) in [6.07, 6.45) is 4.75. The number of aromatic nitrogens is 2. The molecule has 0 aliphatic heterocycles. The van der Waals surface area contributed by atoms with E-state index in [0.717, 1.165) is 11.1 Å². The zero-order valence-corrected chi connectivity index (χ0v) is 17.3. The minimum atomic E-state index is -1.12. The number of nitrogens with zero attached hydrogens (tertiary/aromatic N) is 2. The number of anilines is 1. The minimum Gasteiger partial charge on any atom is -0.476 e. The van der Waals surface area contributed by atoms with E-state index in [-0.39, 0.29) is 17.2 Å². The molecule has 7 heteroatoms. The topological polar surface area (TPSA) is 105 Å². The number of fused-ring (bicyclic) bond motifs is 1. The third-order valence-corrected chi connectivity index (χ3v) is 5.16. The molecule has 0 saturated carbocycles. The Hall–Kier alpha value is -4.00. The fourth-order valence-electron chi connectivity index (χ4n) is 3.66. The summed E-state index contributed by atoms with van der Waals surface area (Å²) in [5.74, 6) is -0.652. The molecule has 2 N–H and O–H groups in total. The average molecular weight is 415 g/mol. The number of rotatable bonds is 5. The van der Waals surface area contributed by atoms with E-state index in [4.69, 9.17) is 4.42 Å². The fourth-order valence-corrected chi connectivity index (χ4v) is 3.66. The van der Waals surface area contributed by atoms with E-state index in [0.29, 0.717) is 33.5 Å². The van der Waals surface area contributed by atoms with Crippen LogP contribution in [0, 0.1) is 13.8 Å². The number of aromatic carboxylic acids is 1. The molecule has 0 fully saturated rings. The van der Waals surface area contributed by atoms with Gasteiger partial charge in [-0.1, -0.05) is 6.07 Å². The number of benzene rings is 1.